The summed E-state index contributed by atoms with van der Waals surface area (Å²) in [5.74, 6) is 0.438. The Morgan fingerprint density at radius 1 is 1.40 bits per heavy atom. The van der Waals surface area contributed by atoms with Gasteiger partial charge < -0.3 is 4.74 Å². The van der Waals surface area contributed by atoms with Crippen molar-refractivity contribution in [2.75, 3.05) is 0 Å². The number of aromatic nitrogens is 2. The van der Waals surface area contributed by atoms with Crippen molar-refractivity contribution >= 4 is 22.6 Å². The van der Waals surface area contributed by atoms with Gasteiger partial charge in [0, 0.05) is 11.6 Å². The molecule has 0 amide bonds. The van der Waals surface area contributed by atoms with Gasteiger partial charge in [0.2, 0.25) is 5.88 Å². The van der Waals surface area contributed by atoms with Crippen molar-refractivity contribution in [3.8, 4) is 5.88 Å². The van der Waals surface area contributed by atoms with Crippen molar-refractivity contribution in [3.63, 3.8) is 0 Å². The molecule has 100 valence electrons. The Hall–Kier alpha value is -2.14. The molecule has 0 saturated heterocycles. The number of rotatable bonds is 3. The molecule has 0 aliphatic heterocycles. The summed E-state index contributed by atoms with van der Waals surface area (Å²) in [6.07, 6.45) is 4.59. The molecule has 0 fully saturated rings. The molecule has 2 aromatic heterocycles. The third-order valence-corrected chi connectivity index (χ3v) is 4.47. The largest absolute Gasteiger partial charge is 0.468 e. The van der Waals surface area contributed by atoms with Crippen LogP contribution in [-0.4, -0.2) is 15.7 Å². The molecule has 0 bridgehead atoms. The summed E-state index contributed by atoms with van der Waals surface area (Å²) < 4.78 is 7.78. The van der Waals surface area contributed by atoms with Crippen molar-refractivity contribution in [1.82, 2.24) is 9.38 Å². The Bertz CT molecular complexity index is 790. The molecule has 1 aliphatic rings. The average molecular weight is 284 g/mol. The average Bonchev–Trinajstić information content (AvgIpc) is 3.14. The lowest BCUT2D eigenvalue weighted by Crippen LogP contribution is -2.05. The lowest BCUT2D eigenvalue weighted by atomic mass is 10.1. The standard InChI is InChI=1S/C15H12N2O2S/c18-9-12-14(16-15-17(12)7-8-20-15)19-13-6-5-10-3-1-2-4-11(10)13/h1-4,7-9,13H,5-6H2. The number of benzene rings is 1. The van der Waals surface area contributed by atoms with E-state index in [2.05, 4.69) is 17.1 Å². The van der Waals surface area contributed by atoms with Crippen LogP contribution in [0.5, 0.6) is 5.88 Å². The van der Waals surface area contributed by atoms with Crippen LogP contribution in [0.15, 0.2) is 35.8 Å². The fraction of sp³-hybridized carbons (Fsp3) is 0.200. The summed E-state index contributed by atoms with van der Waals surface area (Å²) >= 11 is 1.49. The number of hydrogen-bond donors (Lipinski definition) is 0. The van der Waals surface area contributed by atoms with Gasteiger partial charge in [0.05, 0.1) is 0 Å². The summed E-state index contributed by atoms with van der Waals surface area (Å²) in [6.45, 7) is 0. The maximum absolute atomic E-state index is 11.3. The molecule has 0 radical (unpaired) electrons. The zero-order chi connectivity index (χ0) is 13.5. The highest BCUT2D eigenvalue weighted by molar-refractivity contribution is 7.15. The van der Waals surface area contributed by atoms with Gasteiger partial charge in [-0.1, -0.05) is 24.3 Å². The van der Waals surface area contributed by atoms with E-state index in [4.69, 9.17) is 4.74 Å². The molecule has 4 rings (SSSR count). The summed E-state index contributed by atoms with van der Waals surface area (Å²) in [4.78, 5) is 16.5. The lowest BCUT2D eigenvalue weighted by molar-refractivity contribution is 0.111. The number of aryl methyl sites for hydroxylation is 1. The van der Waals surface area contributed by atoms with E-state index in [9.17, 15) is 4.79 Å². The molecule has 1 aliphatic carbocycles. The van der Waals surface area contributed by atoms with Crippen molar-refractivity contribution in [2.24, 2.45) is 0 Å². The Morgan fingerprint density at radius 3 is 3.20 bits per heavy atom. The summed E-state index contributed by atoms with van der Waals surface area (Å²) in [7, 11) is 0. The minimum Gasteiger partial charge on any atom is -0.468 e. The van der Waals surface area contributed by atoms with Gasteiger partial charge in [-0.05, 0) is 24.0 Å². The van der Waals surface area contributed by atoms with Gasteiger partial charge in [-0.25, -0.2) is 0 Å². The molecule has 20 heavy (non-hydrogen) atoms. The third-order valence-electron chi connectivity index (χ3n) is 3.71. The van der Waals surface area contributed by atoms with Gasteiger partial charge in [0.25, 0.3) is 0 Å². The van der Waals surface area contributed by atoms with Crippen LogP contribution in [0.4, 0.5) is 0 Å². The first kappa shape index (κ1) is 11.7. The van der Waals surface area contributed by atoms with E-state index < -0.39 is 0 Å². The van der Waals surface area contributed by atoms with E-state index in [1.54, 1.807) is 4.40 Å². The Kier molecular flexibility index (Phi) is 2.60. The Labute approximate surface area is 119 Å². The minimum atomic E-state index is -0.00509. The highest BCUT2D eigenvalue weighted by atomic mass is 32.1. The van der Waals surface area contributed by atoms with E-state index in [0.29, 0.717) is 11.6 Å². The molecule has 0 spiro atoms. The molecular weight excluding hydrogens is 272 g/mol. The zero-order valence-corrected chi connectivity index (χ0v) is 11.5. The molecule has 1 atom stereocenters. The Balaban J connectivity index is 1.72. The van der Waals surface area contributed by atoms with Gasteiger partial charge in [0.15, 0.2) is 16.9 Å². The summed E-state index contributed by atoms with van der Waals surface area (Å²) in [5, 5.41) is 1.91. The van der Waals surface area contributed by atoms with Crippen LogP contribution in [0.2, 0.25) is 0 Å². The molecular formula is C15H12N2O2S. The number of carbonyl (C=O) groups excluding carboxylic acids is 1. The van der Waals surface area contributed by atoms with Gasteiger partial charge in [-0.2, -0.15) is 4.98 Å². The SMILES string of the molecule is O=Cc1c(OC2CCc3ccccc32)nc2sccn12. The quantitative estimate of drug-likeness (QED) is 0.693. The highest BCUT2D eigenvalue weighted by Gasteiger charge is 2.26. The number of imidazole rings is 1. The van der Waals surface area contributed by atoms with Crippen LogP contribution in [0.3, 0.4) is 0 Å². The third kappa shape index (κ3) is 1.67. The maximum Gasteiger partial charge on any atom is 0.245 e. The van der Waals surface area contributed by atoms with Crippen molar-refractivity contribution in [3.05, 3.63) is 52.7 Å². The van der Waals surface area contributed by atoms with E-state index in [-0.39, 0.29) is 6.10 Å². The maximum atomic E-state index is 11.3. The van der Waals surface area contributed by atoms with Crippen LogP contribution < -0.4 is 4.74 Å². The first-order chi connectivity index (χ1) is 9.86. The van der Waals surface area contributed by atoms with E-state index in [1.807, 2.05) is 23.7 Å². The number of nitrogens with zero attached hydrogens (tertiary/aromatic N) is 2. The molecule has 2 heterocycles. The topological polar surface area (TPSA) is 43.6 Å². The van der Waals surface area contributed by atoms with Crippen molar-refractivity contribution in [2.45, 2.75) is 18.9 Å². The summed E-state index contributed by atoms with van der Waals surface area (Å²) in [5.41, 5.74) is 3.03. The normalized spacial score (nSPS) is 17.3. The van der Waals surface area contributed by atoms with Crippen LogP contribution in [0.25, 0.3) is 4.96 Å². The zero-order valence-electron chi connectivity index (χ0n) is 10.7. The number of hydrogen-bond acceptors (Lipinski definition) is 4. The molecule has 3 aromatic rings. The summed E-state index contributed by atoms with van der Waals surface area (Å²) in [6, 6.07) is 8.29. The van der Waals surface area contributed by atoms with Crippen LogP contribution in [0, 0.1) is 0 Å². The van der Waals surface area contributed by atoms with E-state index in [0.717, 1.165) is 24.1 Å². The van der Waals surface area contributed by atoms with Gasteiger partial charge in [-0.15, -0.1) is 11.3 Å². The predicted molar refractivity (Wildman–Crippen MR) is 76.6 cm³/mol. The molecule has 5 heteroatoms. The van der Waals surface area contributed by atoms with Crippen molar-refractivity contribution < 1.29 is 9.53 Å². The second-order valence-corrected chi connectivity index (χ2v) is 5.69. The second-order valence-electron chi connectivity index (χ2n) is 4.82. The number of fused-ring (bicyclic) bond motifs is 2. The minimum absolute atomic E-state index is 0.00509. The smallest absolute Gasteiger partial charge is 0.245 e. The predicted octanol–water partition coefficient (Wildman–Crippen LogP) is 3.27. The van der Waals surface area contributed by atoms with E-state index in [1.165, 1.54) is 22.5 Å². The monoisotopic (exact) mass is 284 g/mol. The molecule has 1 aromatic carbocycles. The van der Waals surface area contributed by atoms with E-state index >= 15 is 0 Å². The number of carbonyl (C=O) groups is 1. The molecule has 0 saturated carbocycles. The fourth-order valence-electron chi connectivity index (χ4n) is 2.75. The number of aldehydes is 1. The van der Waals surface area contributed by atoms with Gasteiger partial charge in [0.1, 0.15) is 6.10 Å². The second kappa shape index (κ2) is 4.45. The molecule has 4 nitrogen and oxygen atoms in total. The van der Waals surface area contributed by atoms with Crippen LogP contribution in [0.1, 0.15) is 34.1 Å². The number of thiazole rings is 1. The first-order valence-corrected chi connectivity index (χ1v) is 7.40. The number of ether oxygens (including phenoxy) is 1. The molecule has 1 unspecified atom stereocenters. The Morgan fingerprint density at radius 2 is 2.30 bits per heavy atom. The highest BCUT2D eigenvalue weighted by Crippen LogP contribution is 2.35. The first-order valence-electron chi connectivity index (χ1n) is 6.52. The van der Waals surface area contributed by atoms with Crippen LogP contribution >= 0.6 is 11.3 Å². The molecule has 0 N–H and O–H groups in total. The van der Waals surface area contributed by atoms with Gasteiger partial charge >= 0.3 is 0 Å². The van der Waals surface area contributed by atoms with Crippen LogP contribution in [-0.2, 0) is 6.42 Å². The van der Waals surface area contributed by atoms with Crippen molar-refractivity contribution in [1.29, 1.82) is 0 Å². The van der Waals surface area contributed by atoms with Gasteiger partial charge in [-0.3, -0.25) is 9.20 Å². The lowest BCUT2D eigenvalue weighted by Gasteiger charge is -2.13. The fourth-order valence-corrected chi connectivity index (χ4v) is 3.47.